The molecule has 0 amide bonds. The Morgan fingerprint density at radius 2 is 1.06 bits per heavy atom. The number of aryl methyl sites for hydroxylation is 2. The predicted molar refractivity (Wildman–Crippen MR) is 134 cm³/mol. The minimum absolute atomic E-state index is 0.179. The van der Waals surface area contributed by atoms with Gasteiger partial charge in [0.2, 0.25) is 0 Å². The Balaban J connectivity index is 1.30. The second-order valence-electron chi connectivity index (χ2n) is 8.46. The second kappa shape index (κ2) is 10.7. The molecule has 4 aromatic rings. The quantitative estimate of drug-likeness (QED) is 0.252. The second-order valence-corrected chi connectivity index (χ2v) is 8.46. The number of halogens is 1. The third kappa shape index (κ3) is 6.28. The van der Waals surface area contributed by atoms with Crippen LogP contribution in [0, 0.1) is 5.82 Å². The lowest BCUT2D eigenvalue weighted by Crippen LogP contribution is -1.98. The molecule has 0 aliphatic rings. The first kappa shape index (κ1) is 21.8. The minimum atomic E-state index is -0.179. The van der Waals surface area contributed by atoms with Crippen LogP contribution in [0.5, 0.6) is 0 Å². The lowest BCUT2D eigenvalue weighted by Gasteiger charge is -2.12. The Morgan fingerprint density at radius 1 is 0.594 bits per heavy atom. The molecule has 0 saturated heterocycles. The van der Waals surface area contributed by atoms with Crippen molar-refractivity contribution in [1.29, 1.82) is 0 Å². The Kier molecular flexibility index (Phi) is 7.30. The Morgan fingerprint density at radius 3 is 1.59 bits per heavy atom. The fraction of sp³-hybridized carbons (Fsp3) is 0.161. The van der Waals surface area contributed by atoms with Crippen molar-refractivity contribution in [2.45, 2.75) is 32.1 Å². The molecule has 0 N–H and O–H groups in total. The average Bonchev–Trinajstić information content (AvgIpc) is 2.84. The molecule has 0 spiro atoms. The van der Waals surface area contributed by atoms with Crippen molar-refractivity contribution >= 4 is 12.2 Å². The van der Waals surface area contributed by atoms with Crippen LogP contribution >= 0.6 is 0 Å². The molecule has 0 aliphatic carbocycles. The fourth-order valence-electron chi connectivity index (χ4n) is 3.95. The van der Waals surface area contributed by atoms with Crippen LogP contribution < -0.4 is 0 Å². The summed E-state index contributed by atoms with van der Waals surface area (Å²) in [6, 6.07) is 35.0. The van der Waals surface area contributed by atoms with Crippen molar-refractivity contribution in [3.8, 4) is 0 Å². The van der Waals surface area contributed by atoms with Gasteiger partial charge < -0.3 is 0 Å². The van der Waals surface area contributed by atoms with E-state index in [9.17, 15) is 4.39 Å². The van der Waals surface area contributed by atoms with Crippen molar-refractivity contribution in [1.82, 2.24) is 0 Å². The largest absolute Gasteiger partial charge is 0.207 e. The molecule has 160 valence electrons. The van der Waals surface area contributed by atoms with Crippen molar-refractivity contribution in [2.75, 3.05) is 0 Å². The zero-order valence-electron chi connectivity index (χ0n) is 18.5. The van der Waals surface area contributed by atoms with Crippen molar-refractivity contribution in [3.05, 3.63) is 142 Å². The van der Waals surface area contributed by atoms with Crippen LogP contribution in [0.1, 0.15) is 46.2 Å². The van der Waals surface area contributed by atoms with E-state index in [1.54, 1.807) is 0 Å². The van der Waals surface area contributed by atoms with Crippen LogP contribution in [0.4, 0.5) is 4.39 Å². The lowest BCUT2D eigenvalue weighted by atomic mass is 9.93. The number of rotatable bonds is 8. The van der Waals surface area contributed by atoms with Crippen LogP contribution in [0.2, 0.25) is 0 Å². The molecule has 0 radical (unpaired) electrons. The molecule has 4 aromatic carbocycles. The maximum Gasteiger partial charge on any atom is 0.123 e. The van der Waals surface area contributed by atoms with E-state index in [-0.39, 0.29) is 5.82 Å². The highest BCUT2D eigenvalue weighted by Crippen LogP contribution is 2.21. The van der Waals surface area contributed by atoms with Crippen molar-refractivity contribution in [3.63, 3.8) is 0 Å². The maximum atomic E-state index is 13.0. The van der Waals surface area contributed by atoms with E-state index in [4.69, 9.17) is 0 Å². The molecule has 1 atom stereocenters. The van der Waals surface area contributed by atoms with E-state index in [2.05, 4.69) is 97.9 Å². The van der Waals surface area contributed by atoms with E-state index >= 15 is 0 Å². The third-order valence-electron chi connectivity index (χ3n) is 5.95. The maximum absolute atomic E-state index is 13.0. The van der Waals surface area contributed by atoms with Gasteiger partial charge in [-0.1, -0.05) is 110 Å². The van der Waals surface area contributed by atoms with Gasteiger partial charge in [-0.05, 0) is 70.7 Å². The molecule has 1 heteroatoms. The molecule has 0 aliphatic heterocycles. The smallest absolute Gasteiger partial charge is 0.123 e. The van der Waals surface area contributed by atoms with E-state index in [0.717, 1.165) is 24.8 Å². The molecule has 0 heterocycles. The summed E-state index contributed by atoms with van der Waals surface area (Å²) >= 11 is 0. The molecule has 0 nitrogen and oxygen atoms in total. The summed E-state index contributed by atoms with van der Waals surface area (Å²) in [5, 5.41) is 0. The van der Waals surface area contributed by atoms with Crippen LogP contribution in [0.15, 0.2) is 103 Å². The SMILES string of the molecule is CC(Cc1ccc(/C=C/c2ccc(CCc3ccc(F)cc3)cc2)cc1)c1ccccc1. The standard InChI is InChI=1S/C31H29F/c1-24(30-5-3-2-4-6-30)23-29-17-15-27(16-18-29)12-11-25-7-9-26(10-8-25)13-14-28-19-21-31(32)22-20-28/h2-12,15-22,24H,13-14,23H2,1H3/b12-11+. The summed E-state index contributed by atoms with van der Waals surface area (Å²) in [5.74, 6) is 0.334. The zero-order valence-corrected chi connectivity index (χ0v) is 18.5. The van der Waals surface area contributed by atoms with Gasteiger partial charge in [-0.15, -0.1) is 0 Å². The van der Waals surface area contributed by atoms with Crippen LogP contribution in [0.25, 0.3) is 12.2 Å². The lowest BCUT2D eigenvalue weighted by molar-refractivity contribution is 0.627. The van der Waals surface area contributed by atoms with Crippen LogP contribution in [-0.4, -0.2) is 0 Å². The molecular formula is C31H29F. The predicted octanol–water partition coefficient (Wildman–Crippen LogP) is 8.13. The average molecular weight is 421 g/mol. The summed E-state index contributed by atoms with van der Waals surface area (Å²) in [7, 11) is 0. The normalized spacial score (nSPS) is 12.2. The van der Waals surface area contributed by atoms with Gasteiger partial charge in [0, 0.05) is 0 Å². The van der Waals surface area contributed by atoms with E-state index in [0.29, 0.717) is 5.92 Å². The van der Waals surface area contributed by atoms with Crippen LogP contribution in [0.3, 0.4) is 0 Å². The number of hydrogen-bond acceptors (Lipinski definition) is 0. The van der Waals surface area contributed by atoms with E-state index in [1.165, 1.54) is 39.9 Å². The van der Waals surface area contributed by atoms with E-state index < -0.39 is 0 Å². The van der Waals surface area contributed by atoms with Crippen molar-refractivity contribution in [2.24, 2.45) is 0 Å². The summed E-state index contributed by atoms with van der Waals surface area (Å²) in [4.78, 5) is 0. The van der Waals surface area contributed by atoms with Crippen LogP contribution in [-0.2, 0) is 19.3 Å². The van der Waals surface area contributed by atoms with Gasteiger partial charge in [0.1, 0.15) is 5.82 Å². The van der Waals surface area contributed by atoms with Gasteiger partial charge in [0.05, 0.1) is 0 Å². The Bertz CT molecular complexity index is 1120. The monoisotopic (exact) mass is 420 g/mol. The molecule has 0 saturated carbocycles. The van der Waals surface area contributed by atoms with Gasteiger partial charge in [0.25, 0.3) is 0 Å². The zero-order chi connectivity index (χ0) is 22.2. The third-order valence-corrected chi connectivity index (χ3v) is 5.95. The number of hydrogen-bond donors (Lipinski definition) is 0. The van der Waals surface area contributed by atoms with Gasteiger partial charge in [-0.25, -0.2) is 4.39 Å². The summed E-state index contributed by atoms with van der Waals surface area (Å²) < 4.78 is 13.0. The summed E-state index contributed by atoms with van der Waals surface area (Å²) in [6.45, 7) is 2.28. The first-order valence-electron chi connectivity index (χ1n) is 11.3. The van der Waals surface area contributed by atoms with Gasteiger partial charge >= 0.3 is 0 Å². The van der Waals surface area contributed by atoms with Crippen molar-refractivity contribution < 1.29 is 4.39 Å². The Labute approximate surface area is 191 Å². The molecule has 32 heavy (non-hydrogen) atoms. The summed E-state index contributed by atoms with van der Waals surface area (Å²) in [5.41, 5.74) is 7.61. The highest BCUT2D eigenvalue weighted by Gasteiger charge is 2.06. The van der Waals surface area contributed by atoms with Gasteiger partial charge in [-0.2, -0.15) is 0 Å². The van der Waals surface area contributed by atoms with Gasteiger partial charge in [-0.3, -0.25) is 0 Å². The fourth-order valence-corrected chi connectivity index (χ4v) is 3.95. The molecule has 0 fully saturated rings. The Hall–Kier alpha value is -3.45. The molecule has 4 rings (SSSR count). The molecule has 0 aromatic heterocycles. The van der Waals surface area contributed by atoms with Gasteiger partial charge in [0.15, 0.2) is 0 Å². The number of benzene rings is 4. The molecular weight excluding hydrogens is 391 g/mol. The van der Waals surface area contributed by atoms with E-state index in [1.807, 2.05) is 12.1 Å². The highest BCUT2D eigenvalue weighted by molar-refractivity contribution is 5.69. The first-order valence-corrected chi connectivity index (χ1v) is 11.3. The first-order chi connectivity index (χ1) is 15.7. The minimum Gasteiger partial charge on any atom is -0.207 e. The topological polar surface area (TPSA) is 0 Å². The highest BCUT2D eigenvalue weighted by atomic mass is 19.1. The summed E-state index contributed by atoms with van der Waals surface area (Å²) in [6.07, 6.45) is 7.25. The molecule has 0 bridgehead atoms. The molecule has 1 unspecified atom stereocenters.